The van der Waals surface area contributed by atoms with Crippen LogP contribution in [0.4, 0.5) is 4.39 Å². The fourth-order valence-electron chi connectivity index (χ4n) is 2.27. The lowest BCUT2D eigenvalue weighted by molar-refractivity contribution is 0.202. The number of aryl methyl sites for hydroxylation is 1. The molecule has 130 valence electrons. The molecule has 0 bridgehead atoms. The van der Waals surface area contributed by atoms with Crippen LogP contribution in [0.15, 0.2) is 42.4 Å². The van der Waals surface area contributed by atoms with Gasteiger partial charge >= 0.3 is 0 Å². The molecule has 0 aromatic carbocycles. The molecule has 0 saturated carbocycles. The van der Waals surface area contributed by atoms with E-state index in [-0.39, 0.29) is 5.50 Å². The van der Waals surface area contributed by atoms with Gasteiger partial charge in [0.15, 0.2) is 0 Å². The monoisotopic (exact) mass is 350 g/mol. The second kappa shape index (κ2) is 7.79. The maximum atomic E-state index is 13.5. The molecule has 0 radical (unpaired) electrons. The van der Waals surface area contributed by atoms with Crippen molar-refractivity contribution in [2.24, 2.45) is 0 Å². The Morgan fingerprint density at radius 3 is 2.83 bits per heavy atom. The Morgan fingerprint density at radius 1 is 1.46 bits per heavy atom. The standard InChI is InChI=1S/C18H24ClFN4/c1-18(2,20)8-6-13-4-5-14(23-10-13)11-22-12-15-16(21)7-9-24(3)17(15)19/h4-5,7,9-10,12,17,21-22H,6,8,11H2,1-3H3/b15-12+,21-16?. The van der Waals surface area contributed by atoms with E-state index >= 15 is 0 Å². The third-order valence-electron chi connectivity index (χ3n) is 3.84. The lowest BCUT2D eigenvalue weighted by Gasteiger charge is -2.27. The molecule has 0 saturated heterocycles. The summed E-state index contributed by atoms with van der Waals surface area (Å²) in [5, 5.41) is 11.1. The van der Waals surface area contributed by atoms with Crippen LogP contribution in [0.1, 0.15) is 31.5 Å². The minimum atomic E-state index is -1.16. The highest BCUT2D eigenvalue weighted by atomic mass is 35.5. The van der Waals surface area contributed by atoms with Crippen LogP contribution in [0.3, 0.4) is 0 Å². The molecule has 0 amide bonds. The van der Waals surface area contributed by atoms with Crippen molar-refractivity contribution >= 4 is 17.3 Å². The molecule has 0 spiro atoms. The molecule has 2 rings (SSSR count). The zero-order valence-electron chi connectivity index (χ0n) is 14.3. The summed E-state index contributed by atoms with van der Waals surface area (Å²) >= 11 is 6.28. The van der Waals surface area contributed by atoms with Crippen molar-refractivity contribution in [2.75, 3.05) is 7.05 Å². The fraction of sp³-hybridized carbons (Fsp3) is 0.444. The van der Waals surface area contributed by atoms with Crippen LogP contribution in [0.25, 0.3) is 0 Å². The van der Waals surface area contributed by atoms with Gasteiger partial charge in [0.2, 0.25) is 0 Å². The molecule has 2 N–H and O–H groups in total. The second-order valence-electron chi connectivity index (χ2n) is 6.59. The molecular weight excluding hydrogens is 327 g/mol. The number of likely N-dealkylation sites (N-methyl/N-ethyl adjacent to an activating group) is 1. The number of hydrogen-bond acceptors (Lipinski definition) is 4. The Kier molecular flexibility index (Phi) is 5.99. The predicted octanol–water partition coefficient (Wildman–Crippen LogP) is 3.78. The first kappa shape index (κ1) is 18.5. The van der Waals surface area contributed by atoms with Gasteiger partial charge in [-0.2, -0.15) is 0 Å². The van der Waals surface area contributed by atoms with E-state index in [9.17, 15) is 4.39 Å². The minimum absolute atomic E-state index is 0.352. The van der Waals surface area contributed by atoms with Gasteiger partial charge in [0.05, 0.1) is 18.0 Å². The van der Waals surface area contributed by atoms with Gasteiger partial charge in [0, 0.05) is 31.2 Å². The Labute approximate surface area is 147 Å². The molecule has 24 heavy (non-hydrogen) atoms. The number of alkyl halides is 2. The van der Waals surface area contributed by atoms with Crippen LogP contribution in [0, 0.1) is 5.41 Å². The highest BCUT2D eigenvalue weighted by molar-refractivity contribution is 6.27. The van der Waals surface area contributed by atoms with Crippen LogP contribution < -0.4 is 5.32 Å². The summed E-state index contributed by atoms with van der Waals surface area (Å²) in [4.78, 5) is 6.23. The first-order valence-corrected chi connectivity index (χ1v) is 8.39. The van der Waals surface area contributed by atoms with Crippen LogP contribution >= 0.6 is 11.6 Å². The number of hydrogen-bond donors (Lipinski definition) is 2. The lowest BCUT2D eigenvalue weighted by Crippen LogP contribution is -2.31. The summed E-state index contributed by atoms with van der Waals surface area (Å²) in [6, 6.07) is 3.91. The molecular formula is C18H24ClFN4. The number of nitrogens with one attached hydrogen (secondary N) is 2. The summed E-state index contributed by atoms with van der Waals surface area (Å²) in [5.74, 6) is 0. The maximum Gasteiger partial charge on any atom is 0.132 e. The van der Waals surface area contributed by atoms with E-state index in [1.807, 2.05) is 24.1 Å². The highest BCUT2D eigenvalue weighted by Crippen LogP contribution is 2.20. The molecule has 1 aliphatic rings. The van der Waals surface area contributed by atoms with Crippen LogP contribution in [-0.4, -0.2) is 33.8 Å². The van der Waals surface area contributed by atoms with Crippen molar-refractivity contribution in [3.05, 3.63) is 53.6 Å². The number of rotatable bonds is 6. The molecule has 1 aliphatic heterocycles. The Balaban J connectivity index is 1.89. The topological polar surface area (TPSA) is 52.0 Å². The van der Waals surface area contributed by atoms with Crippen molar-refractivity contribution in [3.63, 3.8) is 0 Å². The van der Waals surface area contributed by atoms with E-state index in [2.05, 4.69) is 10.3 Å². The molecule has 1 aromatic rings. The zero-order valence-corrected chi connectivity index (χ0v) is 15.1. The van der Waals surface area contributed by atoms with Gasteiger partial charge < -0.3 is 15.6 Å². The van der Waals surface area contributed by atoms with Crippen molar-refractivity contribution in [3.8, 4) is 0 Å². The first-order chi connectivity index (χ1) is 11.3. The Bertz CT molecular complexity index is 631. The SMILES string of the molecule is CN1C=CC(=N)/C(=C\NCc2ccc(CCC(C)(C)F)cn2)C1Cl. The number of aromatic nitrogens is 1. The average Bonchev–Trinajstić information content (AvgIpc) is 2.53. The molecule has 4 nitrogen and oxygen atoms in total. The van der Waals surface area contributed by atoms with Crippen LogP contribution in [0.5, 0.6) is 0 Å². The van der Waals surface area contributed by atoms with Crippen LogP contribution in [-0.2, 0) is 13.0 Å². The largest absolute Gasteiger partial charge is 0.385 e. The van der Waals surface area contributed by atoms with Crippen molar-refractivity contribution in [1.29, 1.82) is 5.41 Å². The highest BCUT2D eigenvalue weighted by Gasteiger charge is 2.21. The fourth-order valence-corrected chi connectivity index (χ4v) is 2.52. The van der Waals surface area contributed by atoms with Gasteiger partial charge in [-0.05, 0) is 44.4 Å². The van der Waals surface area contributed by atoms with Gasteiger partial charge in [0.1, 0.15) is 11.2 Å². The van der Waals surface area contributed by atoms with Crippen molar-refractivity contribution in [1.82, 2.24) is 15.2 Å². The zero-order chi connectivity index (χ0) is 17.7. The van der Waals surface area contributed by atoms with Crippen molar-refractivity contribution in [2.45, 2.75) is 44.4 Å². The maximum absolute atomic E-state index is 13.5. The van der Waals surface area contributed by atoms with E-state index in [1.54, 1.807) is 38.5 Å². The molecule has 1 unspecified atom stereocenters. The minimum Gasteiger partial charge on any atom is -0.385 e. The molecule has 2 heterocycles. The number of nitrogens with zero attached hydrogens (tertiary/aromatic N) is 2. The van der Waals surface area contributed by atoms with E-state index < -0.39 is 5.67 Å². The third kappa shape index (κ3) is 5.34. The lowest BCUT2D eigenvalue weighted by atomic mass is 10.0. The smallest absolute Gasteiger partial charge is 0.132 e. The normalized spacial score (nSPS) is 19.9. The van der Waals surface area contributed by atoms with Gasteiger partial charge in [-0.15, -0.1) is 0 Å². The summed E-state index contributed by atoms with van der Waals surface area (Å²) in [7, 11) is 1.87. The Hall–Kier alpha value is -1.88. The van der Waals surface area contributed by atoms with E-state index in [4.69, 9.17) is 17.0 Å². The van der Waals surface area contributed by atoms with E-state index in [0.717, 1.165) is 16.8 Å². The van der Waals surface area contributed by atoms with Crippen LogP contribution in [0.2, 0.25) is 0 Å². The molecule has 0 aliphatic carbocycles. The summed E-state index contributed by atoms with van der Waals surface area (Å²) in [5.41, 5.74) is 1.53. The Morgan fingerprint density at radius 2 is 2.21 bits per heavy atom. The number of allylic oxidation sites excluding steroid dienone is 1. The molecule has 0 fully saturated rings. The summed E-state index contributed by atoms with van der Waals surface area (Å²) in [6.45, 7) is 3.72. The quantitative estimate of drug-likeness (QED) is 0.606. The average molecular weight is 351 g/mol. The van der Waals surface area contributed by atoms with Gasteiger partial charge in [-0.25, -0.2) is 4.39 Å². The van der Waals surface area contributed by atoms with Gasteiger partial charge in [-0.1, -0.05) is 17.7 Å². The van der Waals surface area contributed by atoms with Crippen molar-refractivity contribution < 1.29 is 4.39 Å². The summed E-state index contributed by atoms with van der Waals surface area (Å²) in [6.07, 6.45) is 8.22. The second-order valence-corrected chi connectivity index (χ2v) is 7.00. The third-order valence-corrected chi connectivity index (χ3v) is 4.38. The number of halogens is 2. The predicted molar refractivity (Wildman–Crippen MR) is 96.9 cm³/mol. The molecule has 6 heteroatoms. The molecule has 1 aromatic heterocycles. The first-order valence-electron chi connectivity index (χ1n) is 7.95. The van der Waals surface area contributed by atoms with E-state index in [1.165, 1.54) is 0 Å². The number of pyridine rings is 1. The van der Waals surface area contributed by atoms with E-state index in [0.29, 0.717) is 25.1 Å². The van der Waals surface area contributed by atoms with Gasteiger partial charge in [0.25, 0.3) is 0 Å². The molecule has 1 atom stereocenters. The summed E-state index contributed by atoms with van der Waals surface area (Å²) < 4.78 is 13.5. The van der Waals surface area contributed by atoms with Gasteiger partial charge in [-0.3, -0.25) is 4.98 Å².